The lowest BCUT2D eigenvalue weighted by Crippen LogP contribution is -2.15. The molecule has 0 spiro atoms. The maximum absolute atomic E-state index is 5.66. The van der Waals surface area contributed by atoms with Crippen molar-refractivity contribution in [3.63, 3.8) is 0 Å². The molecule has 1 aromatic heterocycles. The average Bonchev–Trinajstić information content (AvgIpc) is 2.76. The van der Waals surface area contributed by atoms with Crippen LogP contribution in [0.4, 0.5) is 0 Å². The van der Waals surface area contributed by atoms with Crippen molar-refractivity contribution in [2.45, 2.75) is 4.83 Å². The van der Waals surface area contributed by atoms with E-state index in [0.717, 1.165) is 29.1 Å². The summed E-state index contributed by atoms with van der Waals surface area (Å²) in [5.74, 6) is 1.58. The summed E-state index contributed by atoms with van der Waals surface area (Å²) in [6.45, 7) is 1.19. The molecule has 0 aliphatic carbocycles. The molecule has 0 amide bonds. The Morgan fingerprint density at radius 1 is 0.950 bits per heavy atom. The molecule has 7 heteroatoms. The van der Waals surface area contributed by atoms with Gasteiger partial charge in [-0.25, -0.2) is 0 Å². The summed E-state index contributed by atoms with van der Waals surface area (Å²) in [6, 6.07) is 6.10. The standard InChI is InChI=1S/C13H8Br4O2S/c14-8-5-10-9(18-1-2-19-10)3-6(8)12(16)7-4-11(15)20-13(7)17/h3-5,12H,1-2H2. The first-order valence-electron chi connectivity index (χ1n) is 5.74. The Morgan fingerprint density at radius 3 is 2.20 bits per heavy atom. The minimum Gasteiger partial charge on any atom is -0.486 e. The molecule has 0 bridgehead atoms. The molecule has 2 nitrogen and oxygen atoms in total. The second-order valence-corrected chi connectivity index (χ2v) is 9.68. The number of thiophene rings is 1. The minimum atomic E-state index is 0.0737. The number of fused-ring (bicyclic) bond motifs is 1. The maximum atomic E-state index is 5.66. The zero-order valence-electron chi connectivity index (χ0n) is 9.96. The molecule has 1 aliphatic heterocycles. The van der Waals surface area contributed by atoms with E-state index < -0.39 is 0 Å². The number of hydrogen-bond acceptors (Lipinski definition) is 3. The van der Waals surface area contributed by atoms with Crippen molar-refractivity contribution >= 4 is 75.1 Å². The van der Waals surface area contributed by atoms with Crippen LogP contribution in [0.5, 0.6) is 11.5 Å². The van der Waals surface area contributed by atoms with E-state index in [1.54, 1.807) is 11.3 Å². The zero-order valence-corrected chi connectivity index (χ0v) is 17.1. The third kappa shape index (κ3) is 2.97. The Labute approximate surface area is 154 Å². The first-order chi connectivity index (χ1) is 9.56. The SMILES string of the molecule is Brc1cc(C(Br)c2cc3c(cc2Br)OCCO3)c(Br)s1. The number of benzene rings is 1. The van der Waals surface area contributed by atoms with Gasteiger partial charge in [-0.3, -0.25) is 0 Å². The van der Waals surface area contributed by atoms with Crippen molar-refractivity contribution < 1.29 is 9.47 Å². The number of halogens is 4. The first-order valence-corrected chi connectivity index (χ1v) is 9.85. The Morgan fingerprint density at radius 2 is 1.60 bits per heavy atom. The third-order valence-electron chi connectivity index (χ3n) is 2.89. The predicted octanol–water partition coefficient (Wildman–Crippen LogP) is 6.29. The van der Waals surface area contributed by atoms with E-state index in [1.807, 2.05) is 12.1 Å². The molecular formula is C13H8Br4O2S. The highest BCUT2D eigenvalue weighted by atomic mass is 79.9. The molecule has 0 saturated carbocycles. The third-order valence-corrected chi connectivity index (χ3v) is 6.95. The van der Waals surface area contributed by atoms with Crippen molar-refractivity contribution in [1.29, 1.82) is 0 Å². The molecule has 1 aliphatic rings. The second-order valence-electron chi connectivity index (χ2n) is 4.16. The molecule has 3 rings (SSSR count). The van der Waals surface area contributed by atoms with Gasteiger partial charge in [0.25, 0.3) is 0 Å². The smallest absolute Gasteiger partial charge is 0.162 e. The van der Waals surface area contributed by atoms with Crippen molar-refractivity contribution in [1.82, 2.24) is 0 Å². The van der Waals surface area contributed by atoms with E-state index in [9.17, 15) is 0 Å². The van der Waals surface area contributed by atoms with Gasteiger partial charge in [-0.1, -0.05) is 31.9 Å². The van der Waals surface area contributed by atoms with Crippen LogP contribution in [0, 0.1) is 0 Å². The summed E-state index contributed by atoms with van der Waals surface area (Å²) < 4.78 is 14.4. The molecular weight excluding hydrogens is 540 g/mol. The molecule has 0 saturated heterocycles. The first kappa shape index (κ1) is 15.3. The summed E-state index contributed by atoms with van der Waals surface area (Å²) in [7, 11) is 0. The van der Waals surface area contributed by atoms with E-state index >= 15 is 0 Å². The van der Waals surface area contributed by atoms with Crippen molar-refractivity contribution in [3.05, 3.63) is 41.4 Å². The van der Waals surface area contributed by atoms with Crippen molar-refractivity contribution in [2.75, 3.05) is 13.2 Å². The fourth-order valence-corrected chi connectivity index (χ4v) is 6.93. The monoisotopic (exact) mass is 544 g/mol. The van der Waals surface area contributed by atoms with Crippen molar-refractivity contribution in [3.8, 4) is 11.5 Å². The Balaban J connectivity index is 2.03. The number of rotatable bonds is 2. The highest BCUT2D eigenvalue weighted by Gasteiger charge is 2.22. The fourth-order valence-electron chi connectivity index (χ4n) is 1.97. The van der Waals surface area contributed by atoms with Crippen LogP contribution in [-0.2, 0) is 0 Å². The summed E-state index contributed by atoms with van der Waals surface area (Å²) in [5.41, 5.74) is 2.29. The quantitative estimate of drug-likeness (QED) is 0.411. The highest BCUT2D eigenvalue weighted by molar-refractivity contribution is 9.12. The van der Waals surface area contributed by atoms with E-state index in [0.29, 0.717) is 13.2 Å². The lowest BCUT2D eigenvalue weighted by atomic mass is 10.1. The highest BCUT2D eigenvalue weighted by Crippen LogP contribution is 2.46. The molecule has 1 aromatic carbocycles. The lowest BCUT2D eigenvalue weighted by Gasteiger charge is -2.21. The van der Waals surface area contributed by atoms with Gasteiger partial charge in [0.1, 0.15) is 13.2 Å². The van der Waals surface area contributed by atoms with E-state index in [1.165, 1.54) is 5.56 Å². The van der Waals surface area contributed by atoms with Gasteiger partial charge >= 0.3 is 0 Å². The predicted molar refractivity (Wildman–Crippen MR) is 95.6 cm³/mol. The van der Waals surface area contributed by atoms with Gasteiger partial charge in [0.05, 0.1) is 12.4 Å². The molecule has 106 valence electrons. The van der Waals surface area contributed by atoms with Gasteiger partial charge in [0.15, 0.2) is 11.5 Å². The summed E-state index contributed by atoms with van der Waals surface area (Å²) in [6.07, 6.45) is 0. The average molecular weight is 548 g/mol. The number of alkyl halides is 1. The van der Waals surface area contributed by atoms with Gasteiger partial charge in [0.2, 0.25) is 0 Å². The van der Waals surface area contributed by atoms with E-state index in [4.69, 9.17) is 9.47 Å². The normalized spacial score (nSPS) is 15.2. The van der Waals surface area contributed by atoms with Crippen LogP contribution in [0.1, 0.15) is 16.0 Å². The Bertz CT molecular complexity index is 656. The van der Waals surface area contributed by atoms with Gasteiger partial charge in [-0.2, -0.15) is 0 Å². The molecule has 2 heterocycles. The zero-order chi connectivity index (χ0) is 14.3. The molecule has 0 radical (unpaired) electrons. The number of hydrogen-bond donors (Lipinski definition) is 0. The van der Waals surface area contributed by atoms with Crippen LogP contribution in [0.2, 0.25) is 0 Å². The Kier molecular flexibility index (Phi) is 4.82. The lowest BCUT2D eigenvalue weighted by molar-refractivity contribution is 0.171. The molecule has 0 N–H and O–H groups in total. The summed E-state index contributed by atoms with van der Waals surface area (Å²) >= 11 is 16.2. The van der Waals surface area contributed by atoms with Gasteiger partial charge in [-0.15, -0.1) is 11.3 Å². The molecule has 0 fully saturated rings. The summed E-state index contributed by atoms with van der Waals surface area (Å²) in [4.78, 5) is 0.0737. The molecule has 1 unspecified atom stereocenters. The van der Waals surface area contributed by atoms with E-state index in [-0.39, 0.29) is 4.83 Å². The summed E-state index contributed by atoms with van der Waals surface area (Å²) in [5, 5.41) is 0. The minimum absolute atomic E-state index is 0.0737. The van der Waals surface area contributed by atoms with Gasteiger partial charge < -0.3 is 9.47 Å². The van der Waals surface area contributed by atoms with Crippen LogP contribution < -0.4 is 9.47 Å². The van der Waals surface area contributed by atoms with Crippen LogP contribution in [0.3, 0.4) is 0 Å². The van der Waals surface area contributed by atoms with Gasteiger partial charge in [-0.05, 0) is 61.2 Å². The fraction of sp³-hybridized carbons (Fsp3) is 0.231. The topological polar surface area (TPSA) is 18.5 Å². The maximum Gasteiger partial charge on any atom is 0.162 e. The molecule has 2 aromatic rings. The second kappa shape index (κ2) is 6.28. The Hall–Kier alpha value is 0.440. The largest absolute Gasteiger partial charge is 0.486 e. The van der Waals surface area contributed by atoms with Crippen LogP contribution in [0.25, 0.3) is 0 Å². The van der Waals surface area contributed by atoms with Crippen molar-refractivity contribution in [2.24, 2.45) is 0 Å². The molecule has 20 heavy (non-hydrogen) atoms. The van der Waals surface area contributed by atoms with Crippen LogP contribution >= 0.6 is 75.1 Å². The van der Waals surface area contributed by atoms with E-state index in [2.05, 4.69) is 69.8 Å². The molecule has 1 atom stereocenters. The van der Waals surface area contributed by atoms with Gasteiger partial charge in [0, 0.05) is 4.47 Å². The number of ether oxygens (including phenoxy) is 2. The van der Waals surface area contributed by atoms with Crippen LogP contribution in [0.15, 0.2) is 30.2 Å². The van der Waals surface area contributed by atoms with Crippen LogP contribution in [-0.4, -0.2) is 13.2 Å².